The summed E-state index contributed by atoms with van der Waals surface area (Å²) < 4.78 is 16.6. The molecule has 0 amide bonds. The van der Waals surface area contributed by atoms with Crippen LogP contribution in [-0.4, -0.2) is 43.6 Å². The van der Waals surface area contributed by atoms with Gasteiger partial charge < -0.3 is 19.5 Å². The van der Waals surface area contributed by atoms with E-state index in [1.807, 2.05) is 18.3 Å². The maximum absolute atomic E-state index is 6.06. The molecule has 0 aliphatic carbocycles. The van der Waals surface area contributed by atoms with E-state index in [0.29, 0.717) is 11.9 Å². The Morgan fingerprint density at radius 2 is 2.15 bits per heavy atom. The third-order valence-corrected chi connectivity index (χ3v) is 4.21. The van der Waals surface area contributed by atoms with Crippen LogP contribution in [0.5, 0.6) is 5.88 Å². The molecular weight excluding hydrogens is 256 g/mol. The van der Waals surface area contributed by atoms with Crippen molar-refractivity contribution in [2.45, 2.75) is 37.3 Å². The number of rotatable bonds is 3. The third kappa shape index (κ3) is 3.04. The van der Waals surface area contributed by atoms with Crippen LogP contribution in [0.4, 0.5) is 5.69 Å². The Balaban J connectivity index is 1.61. The van der Waals surface area contributed by atoms with E-state index in [1.54, 1.807) is 7.11 Å². The summed E-state index contributed by atoms with van der Waals surface area (Å²) in [7, 11) is 1.63. The maximum Gasteiger partial charge on any atom is 0.213 e. The summed E-state index contributed by atoms with van der Waals surface area (Å²) >= 11 is 0. The second-order valence-corrected chi connectivity index (χ2v) is 5.57. The van der Waals surface area contributed by atoms with Crippen molar-refractivity contribution >= 4 is 5.69 Å². The fraction of sp³-hybridized carbons (Fsp3) is 0.667. The number of pyridine rings is 1. The molecule has 2 fully saturated rings. The summed E-state index contributed by atoms with van der Waals surface area (Å²) in [6, 6.07) is 4.33. The lowest BCUT2D eigenvalue weighted by molar-refractivity contribution is -0.135. The summed E-state index contributed by atoms with van der Waals surface area (Å²) in [5.41, 5.74) is 1.06. The number of nitrogens with one attached hydrogen (secondary N) is 1. The quantitative estimate of drug-likeness (QED) is 0.919. The monoisotopic (exact) mass is 278 g/mol. The van der Waals surface area contributed by atoms with Gasteiger partial charge in [0.1, 0.15) is 0 Å². The zero-order valence-electron chi connectivity index (χ0n) is 11.9. The number of ether oxygens (including phenoxy) is 3. The fourth-order valence-electron chi connectivity index (χ4n) is 3.06. The molecule has 3 rings (SSSR count). The summed E-state index contributed by atoms with van der Waals surface area (Å²) in [5, 5.41) is 3.56. The van der Waals surface area contributed by atoms with E-state index in [1.165, 1.54) is 0 Å². The molecule has 2 saturated heterocycles. The van der Waals surface area contributed by atoms with Gasteiger partial charge in [-0.15, -0.1) is 0 Å². The van der Waals surface area contributed by atoms with E-state index in [9.17, 15) is 0 Å². The summed E-state index contributed by atoms with van der Waals surface area (Å²) in [5.74, 6) is 0.642. The maximum atomic E-state index is 6.06. The highest BCUT2D eigenvalue weighted by molar-refractivity contribution is 5.43. The minimum Gasteiger partial charge on any atom is -0.481 e. The van der Waals surface area contributed by atoms with Crippen molar-refractivity contribution in [2.24, 2.45) is 0 Å². The van der Waals surface area contributed by atoms with Crippen molar-refractivity contribution in [1.29, 1.82) is 0 Å². The van der Waals surface area contributed by atoms with Gasteiger partial charge in [0.05, 0.1) is 24.6 Å². The first kappa shape index (κ1) is 13.6. The SMILES string of the molecule is COc1ccc(NC2CCOC3(CCOCC3)C2)cn1. The Hall–Kier alpha value is -1.33. The van der Waals surface area contributed by atoms with Crippen molar-refractivity contribution in [1.82, 2.24) is 4.98 Å². The number of methoxy groups -OCH3 is 1. The predicted octanol–water partition coefficient (Wildman–Crippen LogP) is 2.23. The van der Waals surface area contributed by atoms with Gasteiger partial charge in [0, 0.05) is 31.9 Å². The van der Waals surface area contributed by atoms with E-state index < -0.39 is 0 Å². The van der Waals surface area contributed by atoms with Crippen LogP contribution >= 0.6 is 0 Å². The molecule has 2 aliphatic rings. The molecule has 1 aromatic heterocycles. The van der Waals surface area contributed by atoms with Crippen LogP contribution in [0.25, 0.3) is 0 Å². The Morgan fingerprint density at radius 1 is 1.30 bits per heavy atom. The topological polar surface area (TPSA) is 52.6 Å². The van der Waals surface area contributed by atoms with Crippen LogP contribution in [0.1, 0.15) is 25.7 Å². The van der Waals surface area contributed by atoms with Gasteiger partial charge in [-0.05, 0) is 31.7 Å². The lowest BCUT2D eigenvalue weighted by atomic mass is 9.84. The summed E-state index contributed by atoms with van der Waals surface area (Å²) in [4.78, 5) is 4.23. The van der Waals surface area contributed by atoms with Crippen molar-refractivity contribution in [2.75, 3.05) is 32.2 Å². The highest BCUT2D eigenvalue weighted by atomic mass is 16.5. The Kier molecular flexibility index (Phi) is 4.08. The van der Waals surface area contributed by atoms with Crippen LogP contribution in [-0.2, 0) is 9.47 Å². The minimum absolute atomic E-state index is 0.0219. The van der Waals surface area contributed by atoms with Crippen molar-refractivity contribution in [3.05, 3.63) is 18.3 Å². The average Bonchev–Trinajstić information content (AvgIpc) is 2.49. The zero-order valence-corrected chi connectivity index (χ0v) is 11.9. The summed E-state index contributed by atoms with van der Waals surface area (Å²) in [6.45, 7) is 2.45. The highest BCUT2D eigenvalue weighted by Crippen LogP contribution is 2.35. The van der Waals surface area contributed by atoms with Crippen LogP contribution in [0, 0.1) is 0 Å². The standard InChI is InChI=1S/C15H22N2O3/c1-18-14-3-2-13(11-16-14)17-12-4-7-20-15(10-12)5-8-19-9-6-15/h2-3,11-12,17H,4-10H2,1H3. The lowest BCUT2D eigenvalue weighted by Crippen LogP contribution is -2.47. The molecular formula is C15H22N2O3. The van der Waals surface area contributed by atoms with Gasteiger partial charge in [-0.3, -0.25) is 0 Å². The number of nitrogens with zero attached hydrogens (tertiary/aromatic N) is 1. The van der Waals surface area contributed by atoms with Crippen LogP contribution in [0.15, 0.2) is 18.3 Å². The number of hydrogen-bond donors (Lipinski definition) is 1. The molecule has 5 heteroatoms. The molecule has 1 spiro atoms. The molecule has 1 aromatic rings. The van der Waals surface area contributed by atoms with Gasteiger partial charge in [-0.2, -0.15) is 0 Å². The van der Waals surface area contributed by atoms with Gasteiger partial charge in [0.15, 0.2) is 0 Å². The average molecular weight is 278 g/mol. The van der Waals surface area contributed by atoms with Crippen molar-refractivity contribution in [3.8, 4) is 5.88 Å². The van der Waals surface area contributed by atoms with Gasteiger partial charge in [-0.25, -0.2) is 4.98 Å². The van der Waals surface area contributed by atoms with E-state index >= 15 is 0 Å². The number of anilines is 1. The van der Waals surface area contributed by atoms with Crippen molar-refractivity contribution in [3.63, 3.8) is 0 Å². The minimum atomic E-state index is 0.0219. The third-order valence-electron chi connectivity index (χ3n) is 4.21. The van der Waals surface area contributed by atoms with Gasteiger partial charge in [0.25, 0.3) is 0 Å². The van der Waals surface area contributed by atoms with E-state index in [-0.39, 0.29) is 5.60 Å². The second kappa shape index (κ2) is 5.97. The normalized spacial score (nSPS) is 25.4. The zero-order chi connectivity index (χ0) is 13.8. The fourth-order valence-corrected chi connectivity index (χ4v) is 3.06. The molecule has 0 radical (unpaired) electrons. The molecule has 2 aliphatic heterocycles. The van der Waals surface area contributed by atoms with Gasteiger partial charge in [-0.1, -0.05) is 0 Å². The molecule has 1 N–H and O–H groups in total. The molecule has 1 unspecified atom stereocenters. The van der Waals surface area contributed by atoms with E-state index in [4.69, 9.17) is 14.2 Å². The van der Waals surface area contributed by atoms with Crippen LogP contribution in [0.2, 0.25) is 0 Å². The van der Waals surface area contributed by atoms with Crippen LogP contribution in [0.3, 0.4) is 0 Å². The largest absolute Gasteiger partial charge is 0.481 e. The number of hydrogen-bond acceptors (Lipinski definition) is 5. The van der Waals surface area contributed by atoms with E-state index in [2.05, 4.69) is 10.3 Å². The van der Waals surface area contributed by atoms with E-state index in [0.717, 1.165) is 51.2 Å². The molecule has 20 heavy (non-hydrogen) atoms. The second-order valence-electron chi connectivity index (χ2n) is 5.57. The van der Waals surface area contributed by atoms with Gasteiger partial charge in [0.2, 0.25) is 5.88 Å². The Morgan fingerprint density at radius 3 is 2.85 bits per heavy atom. The first-order chi connectivity index (χ1) is 9.80. The molecule has 0 saturated carbocycles. The molecule has 0 aromatic carbocycles. The molecule has 110 valence electrons. The Labute approximate surface area is 119 Å². The van der Waals surface area contributed by atoms with Crippen molar-refractivity contribution < 1.29 is 14.2 Å². The molecule has 0 bridgehead atoms. The smallest absolute Gasteiger partial charge is 0.213 e. The summed E-state index contributed by atoms with van der Waals surface area (Å²) in [6.07, 6.45) is 5.92. The molecule has 1 atom stereocenters. The lowest BCUT2D eigenvalue weighted by Gasteiger charge is -2.43. The highest BCUT2D eigenvalue weighted by Gasteiger charge is 2.38. The first-order valence-corrected chi connectivity index (χ1v) is 7.28. The van der Waals surface area contributed by atoms with Gasteiger partial charge >= 0.3 is 0 Å². The predicted molar refractivity (Wildman–Crippen MR) is 76.2 cm³/mol. The molecule has 3 heterocycles. The van der Waals surface area contributed by atoms with Crippen LogP contribution < -0.4 is 10.1 Å². The number of aromatic nitrogens is 1. The first-order valence-electron chi connectivity index (χ1n) is 7.28. The Bertz CT molecular complexity index is 424. The molecule has 5 nitrogen and oxygen atoms in total.